The Balaban J connectivity index is 1.42. The van der Waals surface area contributed by atoms with Crippen LogP contribution >= 0.6 is 11.5 Å². The van der Waals surface area contributed by atoms with E-state index in [0.717, 1.165) is 5.13 Å². The third-order valence-electron chi connectivity index (χ3n) is 5.41. The molecule has 0 aliphatic carbocycles. The summed E-state index contributed by atoms with van der Waals surface area (Å²) in [5, 5.41) is 20.9. The average molecular weight is 449 g/mol. The zero-order chi connectivity index (χ0) is 22.7. The lowest BCUT2D eigenvalue weighted by atomic mass is 10.1. The number of hydrogen-bond donors (Lipinski definition) is 0. The molecule has 1 atom stereocenters. The standard InChI is InChI=1S/C22H20N6O3S/c1-15-14-26(10-11-27(15)21(29)17-8-6-16(13-23)7-9-17)22-24-20(25-32-22)12-18-4-2-3-5-19(18)28(30)31/h2-9,15H,10-12,14H2,1H3. The molecule has 1 saturated heterocycles. The number of amides is 1. The smallest absolute Gasteiger partial charge is 0.273 e. The number of para-hydroxylation sites is 1. The number of nitriles is 1. The molecule has 1 aliphatic rings. The molecular weight excluding hydrogens is 428 g/mol. The number of hydrogen-bond acceptors (Lipinski definition) is 8. The maximum Gasteiger partial charge on any atom is 0.273 e. The quantitative estimate of drug-likeness (QED) is 0.434. The van der Waals surface area contributed by atoms with Crippen LogP contribution in [0.5, 0.6) is 0 Å². The van der Waals surface area contributed by atoms with Crippen LogP contribution in [0.3, 0.4) is 0 Å². The molecule has 10 heteroatoms. The second-order valence-corrected chi connectivity index (χ2v) is 8.27. The van der Waals surface area contributed by atoms with Gasteiger partial charge in [0.2, 0.25) is 5.13 Å². The largest absolute Gasteiger partial charge is 0.343 e. The Bertz CT molecular complexity index is 1190. The van der Waals surface area contributed by atoms with Crippen molar-refractivity contribution in [1.82, 2.24) is 14.3 Å². The maximum absolute atomic E-state index is 12.9. The highest BCUT2D eigenvalue weighted by molar-refractivity contribution is 7.09. The lowest BCUT2D eigenvalue weighted by molar-refractivity contribution is -0.385. The fourth-order valence-electron chi connectivity index (χ4n) is 3.74. The molecule has 0 N–H and O–H groups in total. The zero-order valence-electron chi connectivity index (χ0n) is 17.3. The third kappa shape index (κ3) is 4.43. The van der Waals surface area contributed by atoms with E-state index in [2.05, 4.69) is 20.3 Å². The minimum absolute atomic E-state index is 0.0329. The molecule has 32 heavy (non-hydrogen) atoms. The molecule has 2 heterocycles. The van der Waals surface area contributed by atoms with E-state index in [1.165, 1.54) is 17.6 Å². The molecule has 0 bridgehead atoms. The summed E-state index contributed by atoms with van der Waals surface area (Å²) in [4.78, 5) is 32.2. The van der Waals surface area contributed by atoms with Crippen LogP contribution in [0.2, 0.25) is 0 Å². The topological polar surface area (TPSA) is 116 Å². The third-order valence-corrected chi connectivity index (χ3v) is 6.23. The van der Waals surface area contributed by atoms with Gasteiger partial charge in [0.15, 0.2) is 0 Å². The number of benzene rings is 2. The molecular formula is C22H20N6O3S. The van der Waals surface area contributed by atoms with Gasteiger partial charge in [0.1, 0.15) is 5.82 Å². The molecule has 0 saturated carbocycles. The van der Waals surface area contributed by atoms with Gasteiger partial charge in [0, 0.05) is 60.8 Å². The van der Waals surface area contributed by atoms with E-state index in [0.29, 0.717) is 48.6 Å². The molecule has 0 spiro atoms. The predicted octanol–water partition coefficient (Wildman–Crippen LogP) is 3.26. The van der Waals surface area contributed by atoms with Crippen molar-refractivity contribution < 1.29 is 9.72 Å². The van der Waals surface area contributed by atoms with Gasteiger partial charge in [0.05, 0.1) is 16.6 Å². The van der Waals surface area contributed by atoms with Crippen molar-refractivity contribution in [3.05, 3.63) is 81.2 Å². The summed E-state index contributed by atoms with van der Waals surface area (Å²) in [6.07, 6.45) is 0.292. The van der Waals surface area contributed by atoms with Gasteiger partial charge in [-0.2, -0.15) is 9.64 Å². The van der Waals surface area contributed by atoms with E-state index in [4.69, 9.17) is 5.26 Å². The van der Waals surface area contributed by atoms with E-state index >= 15 is 0 Å². The first-order valence-electron chi connectivity index (χ1n) is 10.1. The molecule has 3 aromatic rings. The summed E-state index contributed by atoms with van der Waals surface area (Å²) in [7, 11) is 0. The lowest BCUT2D eigenvalue weighted by Crippen LogP contribution is -2.54. The Labute approximate surface area is 188 Å². The van der Waals surface area contributed by atoms with Crippen molar-refractivity contribution in [2.24, 2.45) is 0 Å². The van der Waals surface area contributed by atoms with E-state index < -0.39 is 4.92 Å². The number of carbonyl (C=O) groups is 1. The van der Waals surface area contributed by atoms with E-state index in [1.807, 2.05) is 11.8 Å². The van der Waals surface area contributed by atoms with Gasteiger partial charge in [-0.25, -0.2) is 4.98 Å². The molecule has 2 aromatic carbocycles. The van der Waals surface area contributed by atoms with Gasteiger partial charge in [0.25, 0.3) is 11.6 Å². The second-order valence-electron chi connectivity index (χ2n) is 7.54. The van der Waals surface area contributed by atoms with Crippen molar-refractivity contribution in [3.8, 4) is 6.07 Å². The van der Waals surface area contributed by atoms with Crippen molar-refractivity contribution >= 4 is 28.3 Å². The number of nitro groups is 1. The highest BCUT2D eigenvalue weighted by Gasteiger charge is 2.29. The highest BCUT2D eigenvalue weighted by Crippen LogP contribution is 2.25. The molecule has 9 nitrogen and oxygen atoms in total. The Hall–Kier alpha value is -3.84. The van der Waals surface area contributed by atoms with Crippen LogP contribution in [0.4, 0.5) is 10.8 Å². The number of anilines is 1. The van der Waals surface area contributed by atoms with Crippen molar-refractivity contribution in [2.75, 3.05) is 24.5 Å². The van der Waals surface area contributed by atoms with Crippen LogP contribution in [-0.2, 0) is 6.42 Å². The maximum atomic E-state index is 12.9. The molecule has 0 radical (unpaired) electrons. The summed E-state index contributed by atoms with van der Waals surface area (Å²) < 4.78 is 4.39. The SMILES string of the molecule is CC1CN(c2nc(Cc3ccccc3[N+](=O)[O-])ns2)CCN1C(=O)c1ccc(C#N)cc1. The van der Waals surface area contributed by atoms with Crippen molar-refractivity contribution in [1.29, 1.82) is 5.26 Å². The first kappa shape index (κ1) is 21.4. The summed E-state index contributed by atoms with van der Waals surface area (Å²) in [5.74, 6) is 0.485. The van der Waals surface area contributed by atoms with E-state index in [-0.39, 0.29) is 17.6 Å². The number of carbonyl (C=O) groups excluding carboxylic acids is 1. The van der Waals surface area contributed by atoms with E-state index in [9.17, 15) is 14.9 Å². The molecule has 1 aliphatic heterocycles. The predicted molar refractivity (Wildman–Crippen MR) is 120 cm³/mol. The van der Waals surface area contributed by atoms with Gasteiger partial charge >= 0.3 is 0 Å². The van der Waals surface area contributed by atoms with Crippen LogP contribution in [0.1, 0.15) is 34.2 Å². The summed E-state index contributed by atoms with van der Waals surface area (Å²) in [5.41, 5.74) is 1.72. The summed E-state index contributed by atoms with van der Waals surface area (Å²) in [6.45, 7) is 3.76. The average Bonchev–Trinajstić information content (AvgIpc) is 3.27. The molecule has 1 aromatic heterocycles. The van der Waals surface area contributed by atoms with Crippen molar-refractivity contribution in [2.45, 2.75) is 19.4 Å². The normalized spacial score (nSPS) is 15.9. The van der Waals surface area contributed by atoms with Gasteiger partial charge in [-0.3, -0.25) is 14.9 Å². The number of rotatable bonds is 5. The number of aromatic nitrogens is 2. The Morgan fingerprint density at radius 3 is 2.69 bits per heavy atom. The second kappa shape index (κ2) is 9.11. The Kier molecular flexibility index (Phi) is 6.09. The fraction of sp³-hybridized carbons (Fsp3) is 0.273. The number of piperazine rings is 1. The number of nitro benzene ring substituents is 1. The molecule has 4 rings (SSSR count). The monoisotopic (exact) mass is 448 g/mol. The van der Waals surface area contributed by atoms with Gasteiger partial charge < -0.3 is 9.80 Å². The zero-order valence-corrected chi connectivity index (χ0v) is 18.2. The highest BCUT2D eigenvalue weighted by atomic mass is 32.1. The minimum Gasteiger partial charge on any atom is -0.343 e. The fourth-order valence-corrected chi connectivity index (χ4v) is 4.46. The van der Waals surface area contributed by atoms with Gasteiger partial charge in [-0.1, -0.05) is 18.2 Å². The first-order valence-corrected chi connectivity index (χ1v) is 10.8. The molecule has 162 valence electrons. The van der Waals surface area contributed by atoms with Crippen LogP contribution in [-0.4, -0.2) is 50.8 Å². The lowest BCUT2D eigenvalue weighted by Gasteiger charge is -2.39. The molecule has 1 amide bonds. The number of nitrogens with zero attached hydrogens (tertiary/aromatic N) is 6. The first-order chi connectivity index (χ1) is 15.5. The van der Waals surface area contributed by atoms with Crippen LogP contribution in [0.25, 0.3) is 0 Å². The van der Waals surface area contributed by atoms with Gasteiger partial charge in [-0.05, 0) is 31.2 Å². The van der Waals surface area contributed by atoms with Crippen LogP contribution in [0.15, 0.2) is 48.5 Å². The molecule has 1 fully saturated rings. The van der Waals surface area contributed by atoms with Crippen LogP contribution < -0.4 is 4.90 Å². The molecule has 1 unspecified atom stereocenters. The summed E-state index contributed by atoms with van der Waals surface area (Å²) in [6, 6.07) is 15.3. The van der Waals surface area contributed by atoms with Gasteiger partial charge in [-0.15, -0.1) is 0 Å². The summed E-state index contributed by atoms with van der Waals surface area (Å²) >= 11 is 1.26. The van der Waals surface area contributed by atoms with Crippen LogP contribution in [0, 0.1) is 21.4 Å². The van der Waals surface area contributed by atoms with E-state index in [1.54, 1.807) is 42.5 Å². The minimum atomic E-state index is -0.394. The Morgan fingerprint density at radius 1 is 1.25 bits per heavy atom. The van der Waals surface area contributed by atoms with Crippen molar-refractivity contribution in [3.63, 3.8) is 0 Å². The Morgan fingerprint density at radius 2 is 2.00 bits per heavy atom.